The zero-order valence-corrected chi connectivity index (χ0v) is 10.6. The Hall–Kier alpha value is -1.02. The summed E-state index contributed by atoms with van der Waals surface area (Å²) in [4.78, 5) is 0. The molecule has 0 aromatic heterocycles. The summed E-state index contributed by atoms with van der Waals surface area (Å²) in [5.74, 6) is 2.72. The van der Waals surface area contributed by atoms with E-state index >= 15 is 0 Å². The molecule has 0 atom stereocenters. The molecular formula is C15H20N2. The fraction of sp³-hybridized carbons (Fsp3) is 0.867. The van der Waals surface area contributed by atoms with Crippen molar-refractivity contribution in [2.45, 2.75) is 51.9 Å². The molecule has 0 aliphatic heterocycles. The summed E-state index contributed by atoms with van der Waals surface area (Å²) in [6, 6.07) is 4.48. The van der Waals surface area contributed by atoms with E-state index in [1.165, 1.54) is 38.5 Å². The lowest BCUT2D eigenvalue weighted by Gasteiger charge is -2.57. The lowest BCUT2D eigenvalue weighted by Crippen LogP contribution is -2.47. The van der Waals surface area contributed by atoms with Gasteiger partial charge in [-0.05, 0) is 75.0 Å². The van der Waals surface area contributed by atoms with E-state index < -0.39 is 5.41 Å². The van der Waals surface area contributed by atoms with Crippen molar-refractivity contribution in [3.8, 4) is 12.1 Å². The predicted octanol–water partition coefficient (Wildman–Crippen LogP) is 3.65. The summed E-state index contributed by atoms with van der Waals surface area (Å²) in [5, 5.41) is 18.4. The maximum Gasteiger partial charge on any atom is 0.141 e. The van der Waals surface area contributed by atoms with Gasteiger partial charge < -0.3 is 0 Å². The lowest BCUT2D eigenvalue weighted by atomic mass is 9.47. The fourth-order valence-corrected chi connectivity index (χ4v) is 5.36. The summed E-state index contributed by atoms with van der Waals surface area (Å²) in [6.45, 7) is 1.82. The van der Waals surface area contributed by atoms with Crippen LogP contribution in [0, 0.1) is 51.2 Å². The first kappa shape index (κ1) is 11.1. The van der Waals surface area contributed by atoms with Gasteiger partial charge in [0.1, 0.15) is 5.41 Å². The second kappa shape index (κ2) is 3.49. The van der Waals surface area contributed by atoms with Crippen LogP contribution in [-0.2, 0) is 0 Å². The zero-order chi connectivity index (χ0) is 12.1. The maximum absolute atomic E-state index is 9.21. The minimum Gasteiger partial charge on any atom is -0.197 e. The van der Waals surface area contributed by atoms with Gasteiger partial charge >= 0.3 is 0 Å². The first-order valence-electron chi connectivity index (χ1n) is 6.89. The van der Waals surface area contributed by atoms with E-state index in [1.54, 1.807) is 0 Å². The van der Waals surface area contributed by atoms with Gasteiger partial charge in [0.15, 0.2) is 0 Å². The Labute approximate surface area is 104 Å². The monoisotopic (exact) mass is 228 g/mol. The van der Waals surface area contributed by atoms with Crippen LogP contribution in [0.4, 0.5) is 0 Å². The van der Waals surface area contributed by atoms with Crippen LogP contribution in [0.1, 0.15) is 51.9 Å². The molecular weight excluding hydrogens is 208 g/mol. The fourth-order valence-electron chi connectivity index (χ4n) is 5.36. The average molecular weight is 228 g/mol. The average Bonchev–Trinajstić information content (AvgIpc) is 2.26. The standard InChI is InChI=1S/C15H20N2/c1-14(9-16,10-17)8-15-5-11-2-12(6-15)4-13(3-11)7-15/h11-13H,2-8H2,1H3. The molecule has 17 heavy (non-hydrogen) atoms. The van der Waals surface area contributed by atoms with Crippen molar-refractivity contribution in [3.63, 3.8) is 0 Å². The summed E-state index contributed by atoms with van der Waals surface area (Å²) in [6.07, 6.45) is 8.96. The van der Waals surface area contributed by atoms with Crippen molar-refractivity contribution in [3.05, 3.63) is 0 Å². The van der Waals surface area contributed by atoms with E-state index in [-0.39, 0.29) is 0 Å². The summed E-state index contributed by atoms with van der Waals surface area (Å²) in [5.41, 5.74) is -0.416. The molecule has 4 aliphatic rings. The molecule has 0 amide bonds. The van der Waals surface area contributed by atoms with Crippen LogP contribution in [0.15, 0.2) is 0 Å². The molecule has 0 spiro atoms. The molecule has 0 saturated heterocycles. The maximum atomic E-state index is 9.21. The van der Waals surface area contributed by atoms with E-state index in [1.807, 2.05) is 6.92 Å². The van der Waals surface area contributed by atoms with Crippen LogP contribution >= 0.6 is 0 Å². The molecule has 0 aromatic carbocycles. The van der Waals surface area contributed by atoms with Gasteiger partial charge in [0.05, 0.1) is 12.1 Å². The van der Waals surface area contributed by atoms with E-state index in [0.717, 1.165) is 24.2 Å². The van der Waals surface area contributed by atoms with Gasteiger partial charge in [0.25, 0.3) is 0 Å². The van der Waals surface area contributed by atoms with Crippen molar-refractivity contribution < 1.29 is 0 Å². The Bertz CT molecular complexity index is 360. The van der Waals surface area contributed by atoms with Crippen molar-refractivity contribution in [2.75, 3.05) is 0 Å². The van der Waals surface area contributed by atoms with Crippen molar-refractivity contribution in [2.24, 2.45) is 28.6 Å². The second-order valence-corrected chi connectivity index (χ2v) is 7.15. The minimum atomic E-state index is -0.758. The molecule has 90 valence electrons. The van der Waals surface area contributed by atoms with Crippen LogP contribution in [0.25, 0.3) is 0 Å². The first-order valence-corrected chi connectivity index (χ1v) is 6.89. The Morgan fingerprint density at radius 3 is 1.76 bits per heavy atom. The number of rotatable bonds is 2. The lowest BCUT2D eigenvalue weighted by molar-refractivity contribution is -0.0658. The Balaban J connectivity index is 1.84. The van der Waals surface area contributed by atoms with Crippen LogP contribution in [-0.4, -0.2) is 0 Å². The molecule has 4 aliphatic carbocycles. The Kier molecular flexibility index (Phi) is 2.27. The molecule has 0 aromatic rings. The molecule has 4 bridgehead atoms. The smallest absolute Gasteiger partial charge is 0.141 e. The molecule has 0 unspecified atom stereocenters. The molecule has 2 nitrogen and oxygen atoms in total. The highest BCUT2D eigenvalue weighted by atomic mass is 14.6. The number of hydrogen-bond acceptors (Lipinski definition) is 2. The number of nitrogens with zero attached hydrogens (tertiary/aromatic N) is 2. The molecule has 0 N–H and O–H groups in total. The van der Waals surface area contributed by atoms with Crippen LogP contribution in [0.2, 0.25) is 0 Å². The SMILES string of the molecule is CC(C#N)(C#N)CC12CC3CC(CC(C3)C1)C2. The summed E-state index contributed by atoms with van der Waals surface area (Å²) >= 11 is 0. The van der Waals surface area contributed by atoms with E-state index in [0.29, 0.717) is 5.41 Å². The van der Waals surface area contributed by atoms with Crippen LogP contribution < -0.4 is 0 Å². The highest BCUT2D eigenvalue weighted by molar-refractivity contribution is 5.15. The highest BCUT2D eigenvalue weighted by Gasteiger charge is 2.53. The number of hydrogen-bond donors (Lipinski definition) is 0. The van der Waals surface area contributed by atoms with E-state index in [4.69, 9.17) is 0 Å². The Morgan fingerprint density at radius 1 is 1.00 bits per heavy atom. The third-order valence-electron chi connectivity index (χ3n) is 5.39. The topological polar surface area (TPSA) is 47.6 Å². The normalized spacial score (nSPS) is 43.1. The van der Waals surface area contributed by atoms with Gasteiger partial charge in [0.2, 0.25) is 0 Å². The van der Waals surface area contributed by atoms with E-state index in [2.05, 4.69) is 12.1 Å². The molecule has 0 heterocycles. The van der Waals surface area contributed by atoms with Crippen molar-refractivity contribution in [1.29, 1.82) is 10.5 Å². The van der Waals surface area contributed by atoms with Gasteiger partial charge in [0, 0.05) is 0 Å². The largest absolute Gasteiger partial charge is 0.197 e. The summed E-state index contributed by atoms with van der Waals surface area (Å²) in [7, 11) is 0. The quantitative estimate of drug-likeness (QED) is 0.724. The van der Waals surface area contributed by atoms with Gasteiger partial charge in [-0.15, -0.1) is 0 Å². The molecule has 4 saturated carbocycles. The summed E-state index contributed by atoms with van der Waals surface area (Å²) < 4.78 is 0. The first-order chi connectivity index (χ1) is 8.06. The molecule has 2 heteroatoms. The third kappa shape index (κ3) is 1.75. The molecule has 4 rings (SSSR count). The van der Waals surface area contributed by atoms with E-state index in [9.17, 15) is 10.5 Å². The van der Waals surface area contributed by atoms with Gasteiger partial charge in [-0.3, -0.25) is 0 Å². The van der Waals surface area contributed by atoms with Gasteiger partial charge in [-0.1, -0.05) is 0 Å². The Morgan fingerprint density at radius 2 is 1.41 bits per heavy atom. The van der Waals surface area contributed by atoms with Crippen LogP contribution in [0.3, 0.4) is 0 Å². The van der Waals surface area contributed by atoms with Crippen LogP contribution in [0.5, 0.6) is 0 Å². The second-order valence-electron chi connectivity index (χ2n) is 7.15. The molecule has 0 radical (unpaired) electrons. The van der Waals surface area contributed by atoms with Gasteiger partial charge in [-0.2, -0.15) is 10.5 Å². The zero-order valence-electron chi connectivity index (χ0n) is 10.6. The third-order valence-corrected chi connectivity index (χ3v) is 5.39. The van der Waals surface area contributed by atoms with Crippen molar-refractivity contribution >= 4 is 0 Å². The van der Waals surface area contributed by atoms with Crippen molar-refractivity contribution in [1.82, 2.24) is 0 Å². The van der Waals surface area contributed by atoms with Gasteiger partial charge in [-0.25, -0.2) is 0 Å². The predicted molar refractivity (Wildman–Crippen MR) is 64.6 cm³/mol. The highest BCUT2D eigenvalue weighted by Crippen LogP contribution is 2.62. The minimum absolute atomic E-state index is 0.342. The number of nitriles is 2. The molecule has 4 fully saturated rings.